The van der Waals surface area contributed by atoms with Crippen molar-refractivity contribution >= 4 is 20.6 Å². The first kappa shape index (κ1) is 9.66. The Labute approximate surface area is 86.6 Å². The predicted octanol–water partition coefficient (Wildman–Crippen LogP) is 1.46. The quantitative estimate of drug-likeness (QED) is 0.646. The second kappa shape index (κ2) is 4.09. The maximum absolute atomic E-state index is 5.51. The van der Waals surface area contributed by atoms with Gasteiger partial charge >= 0.3 is 0 Å². The van der Waals surface area contributed by atoms with E-state index in [4.69, 9.17) is 12.2 Å². The van der Waals surface area contributed by atoms with Crippen LogP contribution in [0, 0.1) is 0 Å². The Balaban J connectivity index is 2.24. The van der Waals surface area contributed by atoms with E-state index in [1.165, 1.54) is 11.1 Å². The van der Waals surface area contributed by atoms with Crippen LogP contribution in [-0.2, 0) is 0 Å². The highest BCUT2D eigenvalue weighted by molar-refractivity contribution is 6.87. The molecule has 0 aliphatic carbocycles. The summed E-state index contributed by atoms with van der Waals surface area (Å²) in [6, 6.07) is 3.92. The number of furan rings is 1. The zero-order chi connectivity index (χ0) is 9.97. The fourth-order valence-electron chi connectivity index (χ4n) is 1.75. The van der Waals surface area contributed by atoms with Gasteiger partial charge in [-0.15, -0.1) is 0 Å². The van der Waals surface area contributed by atoms with E-state index in [2.05, 4.69) is 11.7 Å². The summed E-state index contributed by atoms with van der Waals surface area (Å²) in [5.74, 6) is 0.967. The molecule has 0 aromatic carbocycles. The molecule has 0 atom stereocenters. The first-order valence-corrected chi connectivity index (χ1v) is 4.83. The maximum atomic E-state index is 5.51. The van der Waals surface area contributed by atoms with Crippen LogP contribution in [0.4, 0.5) is 0 Å². The van der Waals surface area contributed by atoms with Crippen LogP contribution in [0.3, 0.4) is 0 Å². The van der Waals surface area contributed by atoms with Crippen LogP contribution in [0.2, 0.25) is 0 Å². The third-order valence-electron chi connectivity index (χ3n) is 2.68. The highest BCUT2D eigenvalue weighted by Gasteiger charge is 2.17. The minimum atomic E-state index is 0.857. The van der Waals surface area contributed by atoms with E-state index < -0.39 is 0 Å². The average Bonchev–Trinajstić information content (AvgIpc) is 2.71. The molecule has 0 fully saturated rings. The van der Waals surface area contributed by atoms with E-state index in [0.29, 0.717) is 0 Å². The Bertz CT molecular complexity index is 332. The van der Waals surface area contributed by atoms with Crippen LogP contribution in [0.1, 0.15) is 19.1 Å². The molecule has 1 aromatic heterocycles. The summed E-state index contributed by atoms with van der Waals surface area (Å²) >= 11 is 0. The molecule has 2 rings (SSSR count). The summed E-state index contributed by atoms with van der Waals surface area (Å²) in [6.07, 6.45) is 2.77. The molecule has 0 saturated carbocycles. The van der Waals surface area contributed by atoms with Crippen molar-refractivity contribution < 1.29 is 4.42 Å². The van der Waals surface area contributed by atoms with Gasteiger partial charge in [-0.1, -0.05) is 5.57 Å². The van der Waals surface area contributed by atoms with Crippen molar-refractivity contribution in [1.29, 1.82) is 0 Å². The summed E-state index contributed by atoms with van der Waals surface area (Å²) in [5.41, 5.74) is 2.67. The van der Waals surface area contributed by atoms with Gasteiger partial charge in [0.05, 0.1) is 6.26 Å². The van der Waals surface area contributed by atoms with Gasteiger partial charge in [0.2, 0.25) is 0 Å². The molecule has 1 aromatic rings. The van der Waals surface area contributed by atoms with E-state index in [1.54, 1.807) is 13.6 Å². The van der Waals surface area contributed by atoms with E-state index in [0.717, 1.165) is 25.3 Å². The number of nitrogens with zero attached hydrogens (tertiary/aromatic N) is 1. The van der Waals surface area contributed by atoms with Crippen molar-refractivity contribution in [3.8, 4) is 0 Å². The fourth-order valence-corrected chi connectivity index (χ4v) is 1.75. The van der Waals surface area contributed by atoms with Crippen LogP contribution in [0.5, 0.6) is 0 Å². The van der Waals surface area contributed by atoms with E-state index in [9.17, 15) is 0 Å². The molecular weight excluding hydrogens is 172 g/mol. The molecule has 14 heavy (non-hydrogen) atoms. The third-order valence-corrected chi connectivity index (χ3v) is 2.68. The van der Waals surface area contributed by atoms with Gasteiger partial charge < -0.3 is 9.23 Å². The number of rotatable bonds is 2. The topological polar surface area (TPSA) is 16.4 Å². The number of hydrogen-bond acceptors (Lipinski definition) is 2. The smallest absolute Gasteiger partial charge is 0.149 e. The van der Waals surface area contributed by atoms with Crippen LogP contribution >= 0.6 is 0 Å². The van der Waals surface area contributed by atoms with Crippen LogP contribution in [-0.4, -0.2) is 32.9 Å². The van der Waals surface area contributed by atoms with Gasteiger partial charge in [0.15, 0.2) is 0 Å². The lowest BCUT2D eigenvalue weighted by atomic mass is 9.64. The van der Waals surface area contributed by atoms with Crippen LogP contribution < -0.4 is 0 Å². The molecule has 69 valence electrons. The Morgan fingerprint density at radius 2 is 2.43 bits per heavy atom. The van der Waals surface area contributed by atoms with Crippen molar-refractivity contribution in [1.82, 2.24) is 4.81 Å². The Kier molecular flexibility index (Phi) is 2.82. The Morgan fingerprint density at radius 3 is 3.07 bits per heavy atom. The van der Waals surface area contributed by atoms with Gasteiger partial charge in [0, 0.05) is 19.9 Å². The normalized spacial score (nSPS) is 18.6. The molecule has 2 nitrogen and oxygen atoms in total. The summed E-state index contributed by atoms with van der Waals surface area (Å²) in [6.45, 7) is 4.02. The predicted molar refractivity (Wildman–Crippen MR) is 59.0 cm³/mol. The monoisotopic (exact) mass is 184 g/mol. The van der Waals surface area contributed by atoms with Crippen molar-refractivity contribution in [3.05, 3.63) is 29.7 Å². The lowest BCUT2D eigenvalue weighted by Gasteiger charge is -2.28. The molecule has 0 spiro atoms. The Hall–Kier alpha value is -0.890. The van der Waals surface area contributed by atoms with Gasteiger partial charge in [0.1, 0.15) is 13.1 Å². The molecular formula is C10H12B2NO. The first-order valence-electron chi connectivity index (χ1n) is 4.83. The minimum Gasteiger partial charge on any atom is -0.465 e. The second-order valence-electron chi connectivity index (χ2n) is 3.61. The lowest BCUT2D eigenvalue weighted by Crippen LogP contribution is -2.34. The van der Waals surface area contributed by atoms with E-state index in [1.807, 2.05) is 12.1 Å². The van der Waals surface area contributed by atoms with Crippen LogP contribution in [0.15, 0.2) is 28.4 Å². The van der Waals surface area contributed by atoms with Gasteiger partial charge in [-0.2, -0.15) is 0 Å². The maximum Gasteiger partial charge on any atom is 0.149 e. The van der Waals surface area contributed by atoms with E-state index >= 15 is 0 Å². The summed E-state index contributed by atoms with van der Waals surface area (Å²) < 4.78 is 5.40. The molecule has 1 aliphatic heterocycles. The lowest BCUT2D eigenvalue weighted by molar-refractivity contribution is 0.472. The van der Waals surface area contributed by atoms with Gasteiger partial charge in [0.25, 0.3) is 0 Å². The molecule has 2 heterocycles. The molecule has 0 bridgehead atoms. The van der Waals surface area contributed by atoms with Gasteiger partial charge in [-0.25, -0.2) is 0 Å². The van der Waals surface area contributed by atoms with Gasteiger partial charge in [-0.3, -0.25) is 0 Å². The fraction of sp³-hybridized carbons (Fsp3) is 0.400. The van der Waals surface area contributed by atoms with Gasteiger partial charge in [-0.05, 0) is 32.0 Å². The summed E-state index contributed by atoms with van der Waals surface area (Å²) in [7, 11) is 7.16. The molecule has 1 aliphatic rings. The second-order valence-corrected chi connectivity index (χ2v) is 3.61. The average molecular weight is 184 g/mol. The SMILES string of the molecule is [B][B]N1CCC(C)=C(c2ccco2)C1. The zero-order valence-corrected chi connectivity index (χ0v) is 8.36. The third kappa shape index (κ3) is 1.80. The van der Waals surface area contributed by atoms with Crippen molar-refractivity contribution in [2.75, 3.05) is 13.1 Å². The van der Waals surface area contributed by atoms with Crippen LogP contribution in [0.25, 0.3) is 5.57 Å². The molecule has 3 radical (unpaired) electrons. The molecule has 0 saturated heterocycles. The van der Waals surface area contributed by atoms with Crippen molar-refractivity contribution in [3.63, 3.8) is 0 Å². The zero-order valence-electron chi connectivity index (χ0n) is 8.36. The highest BCUT2D eigenvalue weighted by Crippen LogP contribution is 2.25. The first-order chi connectivity index (χ1) is 6.81. The van der Waals surface area contributed by atoms with Crippen molar-refractivity contribution in [2.24, 2.45) is 0 Å². The molecule has 0 amide bonds. The van der Waals surface area contributed by atoms with Crippen molar-refractivity contribution in [2.45, 2.75) is 13.3 Å². The summed E-state index contributed by atoms with van der Waals surface area (Å²) in [5, 5.41) is 0. The molecule has 0 unspecified atom stereocenters. The largest absolute Gasteiger partial charge is 0.465 e. The number of hydrogen-bond donors (Lipinski definition) is 0. The standard InChI is InChI=1S/C10H12B2NO/c1-8-4-5-13(12-11)7-9(8)10-3-2-6-14-10/h2-3,6H,4-5,7H2,1H3. The molecule has 0 N–H and O–H groups in total. The highest BCUT2D eigenvalue weighted by atomic mass is 16.3. The molecule has 4 heteroatoms. The minimum absolute atomic E-state index is 0.857. The summed E-state index contributed by atoms with van der Waals surface area (Å²) in [4.78, 5) is 2.10. The van der Waals surface area contributed by atoms with E-state index in [-0.39, 0.29) is 0 Å². The Morgan fingerprint density at radius 1 is 1.57 bits per heavy atom.